The molecule has 4 aromatic carbocycles. The molecule has 0 aromatic heterocycles. The van der Waals surface area contributed by atoms with Gasteiger partial charge in [0, 0.05) is 4.47 Å². The van der Waals surface area contributed by atoms with Gasteiger partial charge in [0.1, 0.15) is 0 Å². The van der Waals surface area contributed by atoms with Gasteiger partial charge in [-0.25, -0.2) is 0 Å². The lowest BCUT2D eigenvalue weighted by atomic mass is 9.66. The van der Waals surface area contributed by atoms with Crippen LogP contribution in [0.15, 0.2) is 102 Å². The Morgan fingerprint density at radius 1 is 0.621 bits per heavy atom. The van der Waals surface area contributed by atoms with Crippen LogP contribution in [0, 0.1) is 0 Å². The first-order valence-corrected chi connectivity index (χ1v) is 10.3. The Bertz CT molecular complexity index is 1150. The third-order valence-corrected chi connectivity index (χ3v) is 6.33. The van der Waals surface area contributed by atoms with E-state index in [4.69, 9.17) is 0 Å². The smallest absolute Gasteiger partial charge is 0.423 e. The number of hydrogen-bond donors (Lipinski definition) is 2. The maximum Gasteiger partial charge on any atom is 0.488 e. The maximum absolute atomic E-state index is 9.88. The van der Waals surface area contributed by atoms with E-state index in [0.29, 0.717) is 5.46 Å². The zero-order valence-electron chi connectivity index (χ0n) is 15.6. The number of benzene rings is 4. The fourth-order valence-electron chi connectivity index (χ4n) is 4.64. The second kappa shape index (κ2) is 6.99. The Hall–Kier alpha value is -2.66. The summed E-state index contributed by atoms with van der Waals surface area (Å²) in [6.07, 6.45) is 0. The highest BCUT2D eigenvalue weighted by molar-refractivity contribution is 9.10. The van der Waals surface area contributed by atoms with Gasteiger partial charge in [-0.2, -0.15) is 0 Å². The lowest BCUT2D eigenvalue weighted by Crippen LogP contribution is -2.33. The Morgan fingerprint density at radius 2 is 1.14 bits per heavy atom. The first-order valence-electron chi connectivity index (χ1n) is 9.54. The number of hydrogen-bond acceptors (Lipinski definition) is 2. The van der Waals surface area contributed by atoms with Gasteiger partial charge < -0.3 is 10.0 Å². The highest BCUT2D eigenvalue weighted by Crippen LogP contribution is 2.56. The van der Waals surface area contributed by atoms with Crippen LogP contribution in [-0.4, -0.2) is 17.2 Å². The minimum atomic E-state index is -1.51. The molecule has 0 bridgehead atoms. The van der Waals surface area contributed by atoms with E-state index in [-0.39, 0.29) is 0 Å². The van der Waals surface area contributed by atoms with Gasteiger partial charge in [-0.15, -0.1) is 0 Å². The third-order valence-electron chi connectivity index (χ3n) is 5.84. The van der Waals surface area contributed by atoms with Crippen LogP contribution in [-0.2, 0) is 5.41 Å². The summed E-state index contributed by atoms with van der Waals surface area (Å²) in [6.45, 7) is 0. The average molecular weight is 441 g/mol. The molecule has 2 N–H and O–H groups in total. The van der Waals surface area contributed by atoms with E-state index in [1.54, 1.807) is 6.07 Å². The Labute approximate surface area is 178 Å². The van der Waals surface area contributed by atoms with E-state index < -0.39 is 12.5 Å². The zero-order valence-corrected chi connectivity index (χ0v) is 17.2. The average Bonchev–Trinajstić information content (AvgIpc) is 3.04. The summed E-state index contributed by atoms with van der Waals surface area (Å²) in [5.74, 6) is 0. The number of rotatable bonds is 3. The van der Waals surface area contributed by atoms with Crippen LogP contribution in [0.25, 0.3) is 11.1 Å². The summed E-state index contributed by atoms with van der Waals surface area (Å²) >= 11 is 3.66. The van der Waals surface area contributed by atoms with Gasteiger partial charge in [-0.05, 0) is 51.0 Å². The van der Waals surface area contributed by atoms with Crippen molar-refractivity contribution in [3.8, 4) is 11.1 Å². The monoisotopic (exact) mass is 440 g/mol. The van der Waals surface area contributed by atoms with Gasteiger partial charge in [0.2, 0.25) is 0 Å². The quantitative estimate of drug-likeness (QED) is 0.406. The zero-order chi connectivity index (χ0) is 20.0. The van der Waals surface area contributed by atoms with E-state index in [2.05, 4.69) is 82.7 Å². The topological polar surface area (TPSA) is 40.5 Å². The van der Waals surface area contributed by atoms with E-state index in [0.717, 1.165) is 32.3 Å². The van der Waals surface area contributed by atoms with Gasteiger partial charge in [-0.3, -0.25) is 0 Å². The van der Waals surface area contributed by atoms with Gasteiger partial charge in [0.05, 0.1) is 5.41 Å². The van der Waals surface area contributed by atoms with Crippen molar-refractivity contribution in [2.24, 2.45) is 0 Å². The lowest BCUT2D eigenvalue weighted by molar-refractivity contribution is 0.425. The van der Waals surface area contributed by atoms with Crippen molar-refractivity contribution in [1.29, 1.82) is 0 Å². The normalized spacial score (nSPS) is 13.6. The van der Waals surface area contributed by atoms with Crippen molar-refractivity contribution in [2.75, 3.05) is 0 Å². The molecule has 0 radical (unpaired) electrons. The first kappa shape index (κ1) is 18.4. The molecule has 0 unspecified atom stereocenters. The third kappa shape index (κ3) is 2.71. The van der Waals surface area contributed by atoms with Gasteiger partial charge in [-0.1, -0.05) is 101 Å². The van der Waals surface area contributed by atoms with Crippen LogP contribution >= 0.6 is 15.9 Å². The van der Waals surface area contributed by atoms with Crippen molar-refractivity contribution in [3.05, 3.63) is 124 Å². The highest BCUT2D eigenvalue weighted by atomic mass is 79.9. The van der Waals surface area contributed by atoms with Crippen molar-refractivity contribution in [3.63, 3.8) is 0 Å². The lowest BCUT2D eigenvalue weighted by Gasteiger charge is -2.34. The van der Waals surface area contributed by atoms with Crippen molar-refractivity contribution in [2.45, 2.75) is 5.41 Å². The molecule has 1 aliphatic carbocycles. The van der Waals surface area contributed by atoms with Gasteiger partial charge >= 0.3 is 7.12 Å². The molecule has 29 heavy (non-hydrogen) atoms. The molecule has 0 aliphatic heterocycles. The summed E-state index contributed by atoms with van der Waals surface area (Å²) in [6, 6.07) is 33.0. The van der Waals surface area contributed by atoms with Crippen LogP contribution in [0.4, 0.5) is 0 Å². The second-order valence-electron chi connectivity index (χ2n) is 7.35. The minimum Gasteiger partial charge on any atom is -0.423 e. The van der Waals surface area contributed by atoms with Crippen LogP contribution in [0.2, 0.25) is 0 Å². The minimum absolute atomic E-state index is 0.492. The maximum atomic E-state index is 9.88. The molecule has 0 spiro atoms. The molecule has 0 fully saturated rings. The molecule has 4 heteroatoms. The fourth-order valence-corrected chi connectivity index (χ4v) is 5.00. The Kier molecular flexibility index (Phi) is 4.43. The largest absolute Gasteiger partial charge is 0.488 e. The van der Waals surface area contributed by atoms with E-state index in [1.165, 1.54) is 5.56 Å². The molecule has 0 saturated carbocycles. The van der Waals surface area contributed by atoms with Crippen molar-refractivity contribution >= 4 is 28.5 Å². The van der Waals surface area contributed by atoms with Gasteiger partial charge in [0.25, 0.3) is 0 Å². The first-order chi connectivity index (χ1) is 14.1. The molecule has 0 amide bonds. The van der Waals surface area contributed by atoms with Crippen LogP contribution < -0.4 is 5.46 Å². The predicted octanol–water partition coefficient (Wildman–Crippen LogP) is 4.49. The van der Waals surface area contributed by atoms with Crippen molar-refractivity contribution < 1.29 is 10.0 Å². The molecule has 0 atom stereocenters. The van der Waals surface area contributed by atoms with Gasteiger partial charge in [0.15, 0.2) is 0 Å². The molecule has 0 heterocycles. The Balaban J connectivity index is 1.97. The van der Waals surface area contributed by atoms with Crippen LogP contribution in [0.1, 0.15) is 22.3 Å². The number of halogens is 1. The molecule has 1 aliphatic rings. The molecule has 140 valence electrons. The summed E-state index contributed by atoms with van der Waals surface area (Å²) in [5.41, 5.74) is 6.77. The second-order valence-corrected chi connectivity index (χ2v) is 8.27. The molecular formula is C25H18BBrO2. The van der Waals surface area contributed by atoms with E-state index >= 15 is 0 Å². The standard InChI is InChI=1S/C25H18BBrO2/c27-20-12-14-22-21-13-11-19(26(28)29)15-23(21)25(24(22)16-20,17-7-3-1-4-8-17)18-9-5-2-6-10-18/h1-16,28-29H. The molecule has 4 aromatic rings. The van der Waals surface area contributed by atoms with E-state index in [9.17, 15) is 10.0 Å². The number of fused-ring (bicyclic) bond motifs is 3. The summed E-state index contributed by atoms with van der Waals surface area (Å²) in [5, 5.41) is 19.8. The molecule has 2 nitrogen and oxygen atoms in total. The predicted molar refractivity (Wildman–Crippen MR) is 121 cm³/mol. The molecular weight excluding hydrogens is 423 g/mol. The van der Waals surface area contributed by atoms with Crippen LogP contribution in [0.3, 0.4) is 0 Å². The molecule has 5 rings (SSSR count). The Morgan fingerprint density at radius 3 is 1.69 bits per heavy atom. The SMILES string of the molecule is OB(O)c1ccc2c(c1)C(c1ccccc1)(c1ccccc1)c1cc(Br)ccc1-2. The summed E-state index contributed by atoms with van der Waals surface area (Å²) in [4.78, 5) is 0. The summed E-state index contributed by atoms with van der Waals surface area (Å²) in [7, 11) is -1.51. The summed E-state index contributed by atoms with van der Waals surface area (Å²) < 4.78 is 1.02. The van der Waals surface area contributed by atoms with Crippen LogP contribution in [0.5, 0.6) is 0 Å². The fraction of sp³-hybridized carbons (Fsp3) is 0.0400. The van der Waals surface area contributed by atoms with Crippen molar-refractivity contribution in [1.82, 2.24) is 0 Å². The molecule has 0 saturated heterocycles. The highest BCUT2D eigenvalue weighted by Gasteiger charge is 2.46. The van der Waals surface area contributed by atoms with E-state index in [1.807, 2.05) is 24.3 Å².